The van der Waals surface area contributed by atoms with Gasteiger partial charge >= 0.3 is 6.18 Å². The number of fused-ring (bicyclic) bond motifs is 3. The number of morpholine rings is 1. The summed E-state index contributed by atoms with van der Waals surface area (Å²) >= 11 is 0. The third-order valence-corrected chi connectivity index (χ3v) is 5.91. The van der Waals surface area contributed by atoms with Crippen LogP contribution in [0, 0.1) is 5.82 Å². The van der Waals surface area contributed by atoms with Crippen molar-refractivity contribution in [3.8, 4) is 0 Å². The lowest BCUT2D eigenvalue weighted by molar-refractivity contribution is -0.137. The molecule has 172 valence electrons. The van der Waals surface area contributed by atoms with Crippen LogP contribution in [0.2, 0.25) is 0 Å². The number of nitrogens with two attached hydrogens (primary N) is 1. The molecule has 0 spiro atoms. The van der Waals surface area contributed by atoms with Crippen LogP contribution in [0.15, 0.2) is 30.5 Å². The van der Waals surface area contributed by atoms with Gasteiger partial charge in [0.1, 0.15) is 17.3 Å². The monoisotopic (exact) mass is 462 g/mol. The van der Waals surface area contributed by atoms with Gasteiger partial charge in [0.2, 0.25) is 0 Å². The number of amides is 1. The molecule has 0 saturated carbocycles. The molecular formula is C22H18F4N4O3. The van der Waals surface area contributed by atoms with E-state index >= 15 is 0 Å². The Hall–Kier alpha value is -3.31. The molecule has 0 unspecified atom stereocenters. The first-order valence-corrected chi connectivity index (χ1v) is 10.1. The van der Waals surface area contributed by atoms with Gasteiger partial charge in [0, 0.05) is 23.1 Å². The number of nitrogens with zero attached hydrogens (tertiary/aromatic N) is 3. The molecule has 11 heteroatoms. The van der Waals surface area contributed by atoms with Gasteiger partial charge in [-0.1, -0.05) is 6.07 Å². The topological polar surface area (TPSA) is 90.6 Å². The standard InChI is InChI=1S/C22H18F4N4O3/c23-16-5-11(22(24,25)26)1-2-12(16)19-10-32-4-3-30(19)21(31)17-6-13-14-8-33-9-15(14)20(27)29-18(13)7-28-17/h1-2,5-7,19H,3-4,8-10H2,(H2,27,29)/t19-/m1/s1. The molecule has 3 aromatic rings. The van der Waals surface area contributed by atoms with Gasteiger partial charge in [0.25, 0.3) is 5.91 Å². The Morgan fingerprint density at radius 3 is 2.70 bits per heavy atom. The van der Waals surface area contributed by atoms with Crippen molar-refractivity contribution >= 4 is 22.6 Å². The number of carbonyl (C=O) groups is 1. The number of carbonyl (C=O) groups excluding carboxylic acids is 1. The third-order valence-electron chi connectivity index (χ3n) is 5.91. The number of rotatable bonds is 2. The fraction of sp³-hybridized carbons (Fsp3) is 0.318. The van der Waals surface area contributed by atoms with Crippen LogP contribution in [0.25, 0.3) is 10.9 Å². The molecule has 33 heavy (non-hydrogen) atoms. The average molecular weight is 462 g/mol. The molecule has 0 aliphatic carbocycles. The van der Waals surface area contributed by atoms with E-state index < -0.39 is 29.5 Å². The largest absolute Gasteiger partial charge is 0.416 e. The van der Waals surface area contributed by atoms with Crippen molar-refractivity contribution in [1.29, 1.82) is 0 Å². The maximum atomic E-state index is 14.7. The summed E-state index contributed by atoms with van der Waals surface area (Å²) in [5.41, 5.74) is 7.03. The van der Waals surface area contributed by atoms with Gasteiger partial charge in [0.15, 0.2) is 0 Å². The zero-order valence-electron chi connectivity index (χ0n) is 17.2. The number of alkyl halides is 3. The number of hydrogen-bond donors (Lipinski definition) is 1. The molecule has 2 N–H and O–H groups in total. The molecule has 2 aliphatic rings. The van der Waals surface area contributed by atoms with Crippen molar-refractivity contribution in [2.45, 2.75) is 25.4 Å². The summed E-state index contributed by atoms with van der Waals surface area (Å²) in [6, 6.07) is 2.96. The van der Waals surface area contributed by atoms with Crippen molar-refractivity contribution in [1.82, 2.24) is 14.9 Å². The predicted molar refractivity (Wildman–Crippen MR) is 108 cm³/mol. The van der Waals surface area contributed by atoms with Crippen LogP contribution in [-0.4, -0.2) is 40.5 Å². The third kappa shape index (κ3) is 3.76. The van der Waals surface area contributed by atoms with Crippen LogP contribution >= 0.6 is 0 Å². The summed E-state index contributed by atoms with van der Waals surface area (Å²) in [5, 5.41) is 0.681. The number of nitrogen functional groups attached to an aromatic ring is 1. The second-order valence-electron chi connectivity index (χ2n) is 7.86. The van der Waals surface area contributed by atoms with Crippen LogP contribution < -0.4 is 5.73 Å². The number of hydrogen-bond acceptors (Lipinski definition) is 6. The zero-order chi connectivity index (χ0) is 23.3. The molecule has 1 aromatic carbocycles. The number of anilines is 1. The highest BCUT2D eigenvalue weighted by Gasteiger charge is 2.35. The minimum absolute atomic E-state index is 0.0526. The van der Waals surface area contributed by atoms with Gasteiger partial charge in [-0.2, -0.15) is 13.2 Å². The van der Waals surface area contributed by atoms with Crippen LogP contribution in [0.5, 0.6) is 0 Å². The summed E-state index contributed by atoms with van der Waals surface area (Å²) in [6.07, 6.45) is -3.24. The first-order chi connectivity index (χ1) is 15.7. The molecule has 1 amide bonds. The normalized spacial score (nSPS) is 18.5. The Balaban J connectivity index is 1.51. The molecule has 4 heterocycles. The van der Waals surface area contributed by atoms with E-state index in [1.165, 1.54) is 11.1 Å². The highest BCUT2D eigenvalue weighted by atomic mass is 19.4. The summed E-state index contributed by atoms with van der Waals surface area (Å²) in [6.45, 7) is 0.939. The lowest BCUT2D eigenvalue weighted by Crippen LogP contribution is -2.44. The molecule has 2 aliphatic heterocycles. The van der Waals surface area contributed by atoms with E-state index in [9.17, 15) is 22.4 Å². The molecule has 0 bridgehead atoms. The lowest BCUT2D eigenvalue weighted by atomic mass is 10.0. The Morgan fingerprint density at radius 2 is 1.94 bits per heavy atom. The fourth-order valence-corrected chi connectivity index (χ4v) is 4.22. The highest BCUT2D eigenvalue weighted by Crippen LogP contribution is 2.35. The van der Waals surface area contributed by atoms with E-state index in [4.69, 9.17) is 15.2 Å². The summed E-state index contributed by atoms with van der Waals surface area (Å²) in [5.74, 6) is -1.20. The number of aromatic nitrogens is 2. The fourth-order valence-electron chi connectivity index (χ4n) is 4.22. The summed E-state index contributed by atoms with van der Waals surface area (Å²) in [4.78, 5) is 23.3. The van der Waals surface area contributed by atoms with Gasteiger partial charge in [-0.05, 0) is 23.8 Å². The maximum absolute atomic E-state index is 14.7. The van der Waals surface area contributed by atoms with Gasteiger partial charge in [-0.15, -0.1) is 0 Å². The Morgan fingerprint density at radius 1 is 1.15 bits per heavy atom. The van der Waals surface area contributed by atoms with Crippen LogP contribution in [-0.2, 0) is 28.9 Å². The average Bonchev–Trinajstić information content (AvgIpc) is 3.29. The Kier molecular flexibility index (Phi) is 5.17. The number of halogens is 4. The van der Waals surface area contributed by atoms with E-state index in [0.717, 1.165) is 23.3 Å². The van der Waals surface area contributed by atoms with Crippen molar-refractivity contribution in [2.75, 3.05) is 25.5 Å². The number of ether oxygens (including phenoxy) is 2. The van der Waals surface area contributed by atoms with Gasteiger partial charge in [-0.3, -0.25) is 4.79 Å². The lowest BCUT2D eigenvalue weighted by Gasteiger charge is -2.36. The predicted octanol–water partition coefficient (Wildman–Crippen LogP) is 3.61. The van der Waals surface area contributed by atoms with E-state index in [1.54, 1.807) is 6.07 Å². The molecule has 1 saturated heterocycles. The van der Waals surface area contributed by atoms with Crippen LogP contribution in [0.1, 0.15) is 38.8 Å². The van der Waals surface area contributed by atoms with Gasteiger partial charge < -0.3 is 20.1 Å². The van der Waals surface area contributed by atoms with Crippen molar-refractivity contribution in [2.24, 2.45) is 0 Å². The van der Waals surface area contributed by atoms with Gasteiger partial charge in [0.05, 0.1) is 49.7 Å². The minimum Gasteiger partial charge on any atom is -0.383 e. The van der Waals surface area contributed by atoms with E-state index in [2.05, 4.69) is 9.97 Å². The maximum Gasteiger partial charge on any atom is 0.416 e. The second kappa shape index (κ2) is 7.92. The molecule has 1 atom stereocenters. The molecule has 2 aromatic heterocycles. The Bertz CT molecular complexity index is 1260. The zero-order valence-corrected chi connectivity index (χ0v) is 17.2. The minimum atomic E-state index is -4.67. The Labute approximate surface area is 185 Å². The second-order valence-corrected chi connectivity index (χ2v) is 7.86. The van der Waals surface area contributed by atoms with Crippen molar-refractivity contribution in [3.05, 3.63) is 64.2 Å². The quantitative estimate of drug-likeness (QED) is 0.586. The van der Waals surface area contributed by atoms with Crippen molar-refractivity contribution < 1.29 is 31.8 Å². The number of benzene rings is 1. The van der Waals surface area contributed by atoms with E-state index in [0.29, 0.717) is 36.0 Å². The molecule has 0 radical (unpaired) electrons. The van der Waals surface area contributed by atoms with E-state index in [1.807, 2.05) is 0 Å². The van der Waals surface area contributed by atoms with Crippen molar-refractivity contribution in [3.63, 3.8) is 0 Å². The van der Waals surface area contributed by atoms with Gasteiger partial charge in [-0.25, -0.2) is 14.4 Å². The smallest absolute Gasteiger partial charge is 0.383 e. The first-order valence-electron chi connectivity index (χ1n) is 10.1. The molecule has 5 rings (SSSR count). The SMILES string of the molecule is Nc1nc2cnc(C(=O)N3CCOC[C@@H]3c3ccc(C(F)(F)F)cc3F)cc2c2c1COC2. The van der Waals surface area contributed by atoms with Crippen LogP contribution in [0.4, 0.5) is 23.4 Å². The highest BCUT2D eigenvalue weighted by molar-refractivity contribution is 5.97. The van der Waals surface area contributed by atoms with E-state index in [-0.39, 0.29) is 31.0 Å². The first kappa shape index (κ1) is 21.5. The summed E-state index contributed by atoms with van der Waals surface area (Å²) in [7, 11) is 0. The number of pyridine rings is 2. The summed E-state index contributed by atoms with van der Waals surface area (Å²) < 4.78 is 64.3. The van der Waals surface area contributed by atoms with Crippen LogP contribution in [0.3, 0.4) is 0 Å². The molecule has 1 fully saturated rings. The molecular weight excluding hydrogens is 444 g/mol. The molecule has 7 nitrogen and oxygen atoms in total.